The molecule has 0 heterocycles. The lowest BCUT2D eigenvalue weighted by molar-refractivity contribution is -0.384. The van der Waals surface area contributed by atoms with Crippen molar-refractivity contribution >= 4 is 33.8 Å². The second-order valence-electron chi connectivity index (χ2n) is 5.11. The first-order valence-electron chi connectivity index (χ1n) is 7.07. The average molecular weight is 342 g/mol. The van der Waals surface area contributed by atoms with Crippen molar-refractivity contribution in [3.63, 3.8) is 0 Å². The van der Waals surface area contributed by atoms with Crippen LogP contribution in [0.2, 0.25) is 5.02 Å². The predicted octanol–water partition coefficient (Wildman–Crippen LogP) is 4.64. The molecule has 0 aliphatic rings. The van der Waals surface area contributed by atoms with Gasteiger partial charge in [0.05, 0.1) is 12.0 Å². The Hall–Kier alpha value is -2.92. The fourth-order valence-electron chi connectivity index (χ4n) is 2.60. The number of fused-ring (bicyclic) bond motifs is 1. The van der Waals surface area contributed by atoms with Crippen molar-refractivity contribution in [2.45, 2.75) is 0 Å². The summed E-state index contributed by atoms with van der Waals surface area (Å²) in [4.78, 5) is 23.3. The molecule has 120 valence electrons. The Kier molecular flexibility index (Phi) is 4.18. The summed E-state index contributed by atoms with van der Waals surface area (Å²) in [6.45, 7) is 0. The standard InChI is InChI=1S/C18H12ClNO4/c1-24-17-9-7-14(12-4-2-3-5-13(12)17)18(21)11-6-8-15(19)16(10-11)20(22)23/h2-10H,1H3. The lowest BCUT2D eigenvalue weighted by atomic mass is 9.96. The monoisotopic (exact) mass is 341 g/mol. The summed E-state index contributed by atoms with van der Waals surface area (Å²) < 4.78 is 5.32. The third-order valence-corrected chi connectivity index (χ3v) is 4.07. The fourth-order valence-corrected chi connectivity index (χ4v) is 2.78. The van der Waals surface area contributed by atoms with E-state index >= 15 is 0 Å². The Morgan fingerprint density at radius 3 is 2.46 bits per heavy atom. The van der Waals surface area contributed by atoms with E-state index in [0.717, 1.165) is 10.8 Å². The smallest absolute Gasteiger partial charge is 0.288 e. The van der Waals surface area contributed by atoms with Crippen LogP contribution >= 0.6 is 11.6 Å². The molecule has 3 aromatic carbocycles. The highest BCUT2D eigenvalue weighted by Gasteiger charge is 2.19. The lowest BCUT2D eigenvalue weighted by Gasteiger charge is -2.10. The molecule has 0 radical (unpaired) electrons. The number of nitro benzene ring substituents is 1. The summed E-state index contributed by atoms with van der Waals surface area (Å²) in [5, 5.41) is 12.5. The highest BCUT2D eigenvalue weighted by atomic mass is 35.5. The van der Waals surface area contributed by atoms with Gasteiger partial charge >= 0.3 is 0 Å². The van der Waals surface area contributed by atoms with Crippen LogP contribution in [0.3, 0.4) is 0 Å². The van der Waals surface area contributed by atoms with Crippen LogP contribution in [-0.4, -0.2) is 17.8 Å². The molecule has 0 N–H and O–H groups in total. The number of hydrogen-bond acceptors (Lipinski definition) is 4. The van der Waals surface area contributed by atoms with E-state index in [4.69, 9.17) is 16.3 Å². The minimum Gasteiger partial charge on any atom is -0.496 e. The largest absolute Gasteiger partial charge is 0.496 e. The van der Waals surface area contributed by atoms with E-state index in [0.29, 0.717) is 11.3 Å². The molecular weight excluding hydrogens is 330 g/mol. The Labute approximate surface area is 142 Å². The first-order chi connectivity index (χ1) is 11.5. The third-order valence-electron chi connectivity index (χ3n) is 3.75. The number of ether oxygens (including phenoxy) is 1. The Morgan fingerprint density at radius 2 is 1.79 bits per heavy atom. The highest BCUT2D eigenvalue weighted by molar-refractivity contribution is 6.33. The minimum absolute atomic E-state index is 0.00358. The molecule has 0 bridgehead atoms. The minimum atomic E-state index is -0.606. The van der Waals surface area contributed by atoms with Gasteiger partial charge < -0.3 is 4.74 Å². The van der Waals surface area contributed by atoms with Crippen molar-refractivity contribution in [2.75, 3.05) is 7.11 Å². The Balaban J connectivity index is 2.16. The number of ketones is 1. The molecule has 0 aliphatic carbocycles. The number of rotatable bonds is 4. The summed E-state index contributed by atoms with van der Waals surface area (Å²) in [5.74, 6) is 0.345. The number of halogens is 1. The summed E-state index contributed by atoms with van der Waals surface area (Å²) in [7, 11) is 1.56. The van der Waals surface area contributed by atoms with Crippen LogP contribution in [0.1, 0.15) is 15.9 Å². The SMILES string of the molecule is COc1ccc(C(=O)c2ccc(Cl)c([N+](=O)[O-])c2)c2ccccc12. The number of hydrogen-bond donors (Lipinski definition) is 0. The first kappa shape index (κ1) is 16.0. The van der Waals surface area contributed by atoms with Gasteiger partial charge in [-0.3, -0.25) is 14.9 Å². The maximum absolute atomic E-state index is 12.8. The quantitative estimate of drug-likeness (QED) is 0.394. The Morgan fingerprint density at radius 1 is 1.08 bits per heavy atom. The summed E-state index contributed by atoms with van der Waals surface area (Å²) >= 11 is 5.81. The second-order valence-corrected chi connectivity index (χ2v) is 5.52. The number of carbonyl (C=O) groups excluding carboxylic acids is 1. The molecule has 0 spiro atoms. The molecule has 5 nitrogen and oxygen atoms in total. The van der Waals surface area contributed by atoms with Gasteiger partial charge in [0.15, 0.2) is 5.78 Å². The molecular formula is C18H12ClNO4. The molecule has 0 saturated heterocycles. The summed E-state index contributed by atoms with van der Waals surface area (Å²) in [5.41, 5.74) is 0.366. The molecule has 0 unspecified atom stereocenters. The van der Waals surface area contributed by atoms with Crippen LogP contribution in [-0.2, 0) is 0 Å². The molecule has 3 aromatic rings. The van der Waals surface area contributed by atoms with E-state index in [1.807, 2.05) is 24.3 Å². The van der Waals surface area contributed by atoms with Gasteiger partial charge in [0.1, 0.15) is 10.8 Å². The zero-order chi connectivity index (χ0) is 17.3. The molecule has 0 aliphatic heterocycles. The third kappa shape index (κ3) is 2.70. The van der Waals surface area contributed by atoms with Crippen molar-refractivity contribution in [1.82, 2.24) is 0 Å². The van der Waals surface area contributed by atoms with Gasteiger partial charge in [-0.15, -0.1) is 0 Å². The predicted molar refractivity (Wildman–Crippen MR) is 92.0 cm³/mol. The molecule has 6 heteroatoms. The van der Waals surface area contributed by atoms with E-state index in [-0.39, 0.29) is 22.1 Å². The van der Waals surface area contributed by atoms with Gasteiger partial charge in [-0.2, -0.15) is 0 Å². The fraction of sp³-hybridized carbons (Fsp3) is 0.0556. The molecule has 0 amide bonds. The number of nitrogens with zero attached hydrogens (tertiary/aromatic N) is 1. The zero-order valence-electron chi connectivity index (χ0n) is 12.7. The van der Waals surface area contributed by atoms with Crippen LogP contribution in [0.15, 0.2) is 54.6 Å². The van der Waals surface area contributed by atoms with Gasteiger partial charge in [0.25, 0.3) is 5.69 Å². The molecule has 0 aromatic heterocycles. The van der Waals surface area contributed by atoms with E-state index in [2.05, 4.69) is 0 Å². The van der Waals surface area contributed by atoms with Crippen LogP contribution in [0.25, 0.3) is 10.8 Å². The molecule has 0 fully saturated rings. The molecule has 24 heavy (non-hydrogen) atoms. The molecule has 3 rings (SSSR count). The van der Waals surface area contributed by atoms with Gasteiger partial charge in [-0.05, 0) is 29.7 Å². The van der Waals surface area contributed by atoms with Crippen molar-refractivity contribution in [3.05, 3.63) is 80.9 Å². The maximum atomic E-state index is 12.8. The van der Waals surface area contributed by atoms with Gasteiger partial charge in [-0.25, -0.2) is 0 Å². The van der Waals surface area contributed by atoms with Crippen LogP contribution < -0.4 is 4.74 Å². The van der Waals surface area contributed by atoms with E-state index in [1.54, 1.807) is 19.2 Å². The number of carbonyl (C=O) groups is 1. The second kappa shape index (κ2) is 6.29. The van der Waals surface area contributed by atoms with Crippen LogP contribution in [0.5, 0.6) is 5.75 Å². The Bertz CT molecular complexity index is 968. The summed E-state index contributed by atoms with van der Waals surface area (Å²) in [6.07, 6.45) is 0. The van der Waals surface area contributed by atoms with Crippen LogP contribution in [0.4, 0.5) is 5.69 Å². The van der Waals surface area contributed by atoms with Crippen molar-refractivity contribution in [1.29, 1.82) is 0 Å². The molecule has 0 atom stereocenters. The highest BCUT2D eigenvalue weighted by Crippen LogP contribution is 2.31. The van der Waals surface area contributed by atoms with E-state index in [1.165, 1.54) is 18.2 Å². The van der Waals surface area contributed by atoms with Crippen molar-refractivity contribution in [3.8, 4) is 5.75 Å². The maximum Gasteiger partial charge on any atom is 0.288 e. The number of methoxy groups -OCH3 is 1. The molecule has 0 saturated carbocycles. The van der Waals surface area contributed by atoms with Gasteiger partial charge in [0.2, 0.25) is 0 Å². The summed E-state index contributed by atoms with van der Waals surface area (Å²) in [6, 6.07) is 14.8. The first-order valence-corrected chi connectivity index (χ1v) is 7.45. The van der Waals surface area contributed by atoms with Crippen LogP contribution in [0, 0.1) is 10.1 Å². The average Bonchev–Trinajstić information content (AvgIpc) is 2.60. The lowest BCUT2D eigenvalue weighted by Crippen LogP contribution is -2.04. The van der Waals surface area contributed by atoms with Gasteiger partial charge in [0, 0.05) is 22.6 Å². The topological polar surface area (TPSA) is 69.4 Å². The number of nitro groups is 1. The van der Waals surface area contributed by atoms with E-state index < -0.39 is 4.92 Å². The van der Waals surface area contributed by atoms with E-state index in [9.17, 15) is 14.9 Å². The normalized spacial score (nSPS) is 10.6. The van der Waals surface area contributed by atoms with Crippen molar-refractivity contribution in [2.24, 2.45) is 0 Å². The van der Waals surface area contributed by atoms with Crippen molar-refractivity contribution < 1.29 is 14.5 Å². The zero-order valence-corrected chi connectivity index (χ0v) is 13.4. The number of benzene rings is 3. The van der Waals surface area contributed by atoms with Gasteiger partial charge in [-0.1, -0.05) is 35.9 Å².